The number of benzene rings is 1. The molecule has 1 amide bonds. The maximum atomic E-state index is 11.9. The molecule has 0 saturated carbocycles. The molecular weight excluding hydrogens is 264 g/mol. The van der Waals surface area contributed by atoms with Gasteiger partial charge in [0.25, 0.3) is 5.91 Å². The minimum Gasteiger partial charge on any atom is -0.483 e. The number of nitrogens with one attached hydrogen (secondary N) is 2. The third-order valence-electron chi connectivity index (χ3n) is 3.54. The Morgan fingerprint density at radius 3 is 2.62 bits per heavy atom. The van der Waals surface area contributed by atoms with Gasteiger partial charge in [0.05, 0.1) is 0 Å². The second-order valence-electron chi connectivity index (χ2n) is 5.33. The van der Waals surface area contributed by atoms with Gasteiger partial charge >= 0.3 is 0 Å². The Hall–Kier alpha value is -1.55. The normalized spacial score (nSPS) is 13.5. The van der Waals surface area contributed by atoms with E-state index in [1.165, 1.54) is 0 Å². The minimum absolute atomic E-state index is 0.0607. The van der Waals surface area contributed by atoms with Crippen LogP contribution in [0.15, 0.2) is 24.3 Å². The van der Waals surface area contributed by atoms with Crippen LogP contribution in [0.4, 0.5) is 0 Å². The molecule has 0 radical (unpaired) electrons. The summed E-state index contributed by atoms with van der Waals surface area (Å²) in [6.07, 6.45) is 3.02. The Balaban J connectivity index is 2.61. The van der Waals surface area contributed by atoms with Crippen molar-refractivity contribution in [1.82, 2.24) is 10.6 Å². The predicted octanol–water partition coefficient (Wildman–Crippen LogP) is 3.04. The predicted molar refractivity (Wildman–Crippen MR) is 86.5 cm³/mol. The van der Waals surface area contributed by atoms with Crippen molar-refractivity contribution < 1.29 is 9.53 Å². The molecule has 1 aromatic carbocycles. The molecule has 0 aliphatic heterocycles. The standard InChI is InChI=1S/C17H28N2O2/c1-5-9-13(3)19-17(20)12-21-16-11-8-7-10-14(16)15(6-2)18-4/h7-8,10-11,13,15,18H,5-6,9,12H2,1-4H3,(H,19,20). The molecule has 1 rings (SSSR count). The molecule has 2 N–H and O–H groups in total. The largest absolute Gasteiger partial charge is 0.483 e. The summed E-state index contributed by atoms with van der Waals surface area (Å²) in [5.41, 5.74) is 1.09. The van der Waals surface area contributed by atoms with E-state index in [0.717, 1.165) is 30.6 Å². The lowest BCUT2D eigenvalue weighted by atomic mass is 10.0. The number of carbonyl (C=O) groups is 1. The fourth-order valence-corrected chi connectivity index (χ4v) is 2.44. The van der Waals surface area contributed by atoms with Crippen molar-refractivity contribution in [2.75, 3.05) is 13.7 Å². The molecule has 0 fully saturated rings. The van der Waals surface area contributed by atoms with Crippen LogP contribution < -0.4 is 15.4 Å². The van der Waals surface area contributed by atoms with Crippen LogP contribution in [0.1, 0.15) is 51.6 Å². The molecule has 21 heavy (non-hydrogen) atoms. The van der Waals surface area contributed by atoms with Crippen LogP contribution in [0.5, 0.6) is 5.75 Å². The van der Waals surface area contributed by atoms with Gasteiger partial charge in [-0.1, -0.05) is 38.5 Å². The highest BCUT2D eigenvalue weighted by Gasteiger charge is 2.13. The third kappa shape index (κ3) is 5.76. The first-order valence-electron chi connectivity index (χ1n) is 7.80. The molecule has 0 aromatic heterocycles. The average Bonchev–Trinajstić information content (AvgIpc) is 2.47. The van der Waals surface area contributed by atoms with E-state index in [1.807, 2.05) is 38.2 Å². The van der Waals surface area contributed by atoms with Gasteiger partial charge in [-0.3, -0.25) is 4.79 Å². The highest BCUT2D eigenvalue weighted by molar-refractivity contribution is 5.77. The number of hydrogen-bond donors (Lipinski definition) is 2. The van der Waals surface area contributed by atoms with Gasteiger partial charge in [0.2, 0.25) is 0 Å². The Bertz CT molecular complexity index is 431. The van der Waals surface area contributed by atoms with Crippen LogP contribution in [0, 0.1) is 0 Å². The van der Waals surface area contributed by atoms with E-state index >= 15 is 0 Å². The van der Waals surface area contributed by atoms with Gasteiger partial charge in [0.1, 0.15) is 5.75 Å². The van der Waals surface area contributed by atoms with E-state index in [2.05, 4.69) is 24.5 Å². The van der Waals surface area contributed by atoms with Gasteiger partial charge in [-0.15, -0.1) is 0 Å². The van der Waals surface area contributed by atoms with Crippen molar-refractivity contribution in [3.05, 3.63) is 29.8 Å². The summed E-state index contributed by atoms with van der Waals surface area (Å²) >= 11 is 0. The zero-order valence-electron chi connectivity index (χ0n) is 13.6. The average molecular weight is 292 g/mol. The zero-order chi connectivity index (χ0) is 15.7. The molecule has 0 aliphatic rings. The highest BCUT2D eigenvalue weighted by Crippen LogP contribution is 2.26. The van der Waals surface area contributed by atoms with Gasteiger partial charge in [-0.25, -0.2) is 0 Å². The maximum absolute atomic E-state index is 11.9. The van der Waals surface area contributed by atoms with Gasteiger partial charge in [0.15, 0.2) is 6.61 Å². The smallest absolute Gasteiger partial charge is 0.258 e. The summed E-state index contributed by atoms with van der Waals surface area (Å²) in [5, 5.41) is 6.21. The van der Waals surface area contributed by atoms with Crippen molar-refractivity contribution in [2.45, 2.75) is 52.1 Å². The second kappa shape index (κ2) is 9.40. The van der Waals surface area contributed by atoms with Gasteiger partial charge in [0, 0.05) is 17.6 Å². The van der Waals surface area contributed by atoms with Crippen molar-refractivity contribution in [2.24, 2.45) is 0 Å². The topological polar surface area (TPSA) is 50.4 Å². The Morgan fingerprint density at radius 2 is 2.00 bits per heavy atom. The first-order valence-corrected chi connectivity index (χ1v) is 7.80. The van der Waals surface area contributed by atoms with Crippen LogP contribution in [0.3, 0.4) is 0 Å². The number of amides is 1. The number of carbonyl (C=O) groups excluding carboxylic acids is 1. The number of ether oxygens (including phenoxy) is 1. The van der Waals surface area contributed by atoms with Crippen molar-refractivity contribution in [1.29, 1.82) is 0 Å². The van der Waals surface area contributed by atoms with Gasteiger partial charge < -0.3 is 15.4 Å². The Morgan fingerprint density at radius 1 is 1.29 bits per heavy atom. The fraction of sp³-hybridized carbons (Fsp3) is 0.588. The molecule has 118 valence electrons. The van der Waals surface area contributed by atoms with Crippen LogP contribution in [0.25, 0.3) is 0 Å². The summed E-state index contributed by atoms with van der Waals surface area (Å²) in [6.45, 7) is 6.31. The summed E-state index contributed by atoms with van der Waals surface area (Å²) in [7, 11) is 1.93. The van der Waals surface area contributed by atoms with E-state index in [9.17, 15) is 4.79 Å². The molecule has 0 heterocycles. The number of para-hydroxylation sites is 1. The first kappa shape index (κ1) is 17.5. The lowest BCUT2D eigenvalue weighted by molar-refractivity contribution is -0.123. The fourth-order valence-electron chi connectivity index (χ4n) is 2.44. The summed E-state index contributed by atoms with van der Waals surface area (Å²) in [6, 6.07) is 8.31. The molecule has 0 aliphatic carbocycles. The molecule has 4 heteroatoms. The van der Waals surface area contributed by atoms with Crippen molar-refractivity contribution in [3.63, 3.8) is 0 Å². The minimum atomic E-state index is -0.0664. The van der Waals surface area contributed by atoms with E-state index in [-0.39, 0.29) is 24.6 Å². The molecule has 4 nitrogen and oxygen atoms in total. The van der Waals surface area contributed by atoms with Crippen molar-refractivity contribution in [3.8, 4) is 5.75 Å². The van der Waals surface area contributed by atoms with Crippen molar-refractivity contribution >= 4 is 5.91 Å². The van der Waals surface area contributed by atoms with E-state index < -0.39 is 0 Å². The lowest BCUT2D eigenvalue weighted by Crippen LogP contribution is -2.36. The summed E-state index contributed by atoms with van der Waals surface area (Å²) < 4.78 is 5.71. The molecule has 0 spiro atoms. The zero-order valence-corrected chi connectivity index (χ0v) is 13.6. The molecule has 1 aromatic rings. The Labute approximate surface area is 128 Å². The number of rotatable bonds is 9. The molecule has 2 unspecified atom stereocenters. The highest BCUT2D eigenvalue weighted by atomic mass is 16.5. The molecule has 0 bridgehead atoms. The van der Waals surface area contributed by atoms with Crippen LogP contribution >= 0.6 is 0 Å². The van der Waals surface area contributed by atoms with Gasteiger partial charge in [-0.05, 0) is 32.9 Å². The lowest BCUT2D eigenvalue weighted by Gasteiger charge is -2.19. The van der Waals surface area contributed by atoms with E-state index in [0.29, 0.717) is 0 Å². The molecular formula is C17H28N2O2. The van der Waals surface area contributed by atoms with Gasteiger partial charge in [-0.2, -0.15) is 0 Å². The van der Waals surface area contributed by atoms with Crippen LogP contribution in [-0.2, 0) is 4.79 Å². The quantitative estimate of drug-likeness (QED) is 0.735. The monoisotopic (exact) mass is 292 g/mol. The first-order chi connectivity index (χ1) is 10.1. The maximum Gasteiger partial charge on any atom is 0.258 e. The Kier molecular flexibility index (Phi) is 7.83. The summed E-state index contributed by atoms with van der Waals surface area (Å²) in [4.78, 5) is 11.9. The molecule has 0 saturated heterocycles. The van der Waals surface area contributed by atoms with Crippen LogP contribution in [0.2, 0.25) is 0 Å². The van der Waals surface area contributed by atoms with E-state index in [4.69, 9.17) is 4.74 Å². The van der Waals surface area contributed by atoms with E-state index in [1.54, 1.807) is 0 Å². The summed E-state index contributed by atoms with van der Waals surface area (Å²) in [5.74, 6) is 0.709. The SMILES string of the molecule is CCCC(C)NC(=O)COc1ccccc1C(CC)NC. The second-order valence-corrected chi connectivity index (χ2v) is 5.33. The molecule has 2 atom stereocenters. The number of hydrogen-bond acceptors (Lipinski definition) is 3. The third-order valence-corrected chi connectivity index (χ3v) is 3.54. The van der Waals surface area contributed by atoms with Crippen LogP contribution in [-0.4, -0.2) is 25.6 Å².